The summed E-state index contributed by atoms with van der Waals surface area (Å²) in [6, 6.07) is 14.5. The number of carbonyl (C=O) groups is 1. The number of amides is 1. The van der Waals surface area contributed by atoms with Gasteiger partial charge in [-0.05, 0) is 61.9 Å². The summed E-state index contributed by atoms with van der Waals surface area (Å²) in [6.07, 6.45) is 2.15. The summed E-state index contributed by atoms with van der Waals surface area (Å²) < 4.78 is 32.9. The zero-order valence-corrected chi connectivity index (χ0v) is 20.2. The highest BCUT2D eigenvalue weighted by molar-refractivity contribution is 7.89. The van der Waals surface area contributed by atoms with Crippen molar-refractivity contribution in [2.75, 3.05) is 20.2 Å². The van der Waals surface area contributed by atoms with Crippen molar-refractivity contribution in [2.24, 2.45) is 11.8 Å². The molecule has 1 aliphatic rings. The highest BCUT2D eigenvalue weighted by atomic mass is 32.2. The normalized spacial score (nSPS) is 18.3. The van der Waals surface area contributed by atoms with Crippen molar-refractivity contribution in [3.63, 3.8) is 0 Å². The number of ether oxygens (including phenoxy) is 1. The second-order valence-electron chi connectivity index (χ2n) is 8.98. The van der Waals surface area contributed by atoms with Crippen LogP contribution < -0.4 is 10.1 Å². The molecule has 3 rings (SSSR count). The van der Waals surface area contributed by atoms with Gasteiger partial charge in [0.25, 0.3) is 0 Å². The van der Waals surface area contributed by atoms with E-state index >= 15 is 0 Å². The highest BCUT2D eigenvalue weighted by Gasteiger charge is 2.34. The molecule has 1 N–H and O–H groups in total. The van der Waals surface area contributed by atoms with Crippen LogP contribution in [-0.4, -0.2) is 38.8 Å². The summed E-state index contributed by atoms with van der Waals surface area (Å²) in [4.78, 5) is 13.5. The first-order chi connectivity index (χ1) is 15.2. The minimum absolute atomic E-state index is 0.0877. The number of hydrogen-bond donors (Lipinski definition) is 1. The topological polar surface area (TPSA) is 75.7 Å². The van der Waals surface area contributed by atoms with Crippen LogP contribution in [0.25, 0.3) is 0 Å². The van der Waals surface area contributed by atoms with Crippen molar-refractivity contribution in [3.8, 4) is 5.75 Å². The Bertz CT molecular complexity index is 1000. The van der Waals surface area contributed by atoms with Crippen LogP contribution in [0.3, 0.4) is 0 Å². The van der Waals surface area contributed by atoms with Crippen molar-refractivity contribution in [1.82, 2.24) is 9.62 Å². The Morgan fingerprint density at radius 2 is 1.78 bits per heavy atom. The Labute approximate surface area is 192 Å². The molecule has 2 aromatic rings. The zero-order valence-electron chi connectivity index (χ0n) is 19.4. The smallest absolute Gasteiger partial charge is 0.243 e. The molecule has 0 bridgehead atoms. The number of nitrogens with zero attached hydrogens (tertiary/aromatic N) is 1. The molecule has 1 amide bonds. The predicted molar refractivity (Wildman–Crippen MR) is 126 cm³/mol. The van der Waals surface area contributed by atoms with E-state index in [2.05, 4.69) is 19.2 Å². The summed E-state index contributed by atoms with van der Waals surface area (Å²) in [5.41, 5.74) is 2.03. The average Bonchev–Trinajstić information content (AvgIpc) is 2.78. The van der Waals surface area contributed by atoms with E-state index in [1.54, 1.807) is 31.4 Å². The molecule has 1 heterocycles. The average molecular weight is 459 g/mol. The highest BCUT2D eigenvalue weighted by Crippen LogP contribution is 2.27. The SMILES string of the molecule is COc1ccc([C@@H](CC(C)C)NC(=O)[C@@H]2CCCN(S(=O)(=O)c3ccc(C)cc3)C2)cc1. The quantitative estimate of drug-likeness (QED) is 0.640. The molecule has 174 valence electrons. The lowest BCUT2D eigenvalue weighted by molar-refractivity contribution is -0.127. The molecule has 7 heteroatoms. The van der Waals surface area contributed by atoms with Crippen LogP contribution in [-0.2, 0) is 14.8 Å². The molecular weight excluding hydrogens is 424 g/mol. The van der Waals surface area contributed by atoms with Gasteiger partial charge in [-0.25, -0.2) is 8.42 Å². The maximum Gasteiger partial charge on any atom is 0.243 e. The van der Waals surface area contributed by atoms with Crippen LogP contribution in [0.5, 0.6) is 5.75 Å². The van der Waals surface area contributed by atoms with Gasteiger partial charge in [0, 0.05) is 13.1 Å². The fourth-order valence-corrected chi connectivity index (χ4v) is 5.63. The summed E-state index contributed by atoms with van der Waals surface area (Å²) >= 11 is 0. The molecule has 1 fully saturated rings. The van der Waals surface area contributed by atoms with Crippen LogP contribution in [0.2, 0.25) is 0 Å². The monoisotopic (exact) mass is 458 g/mol. The predicted octanol–water partition coefficient (Wildman–Crippen LogP) is 4.31. The van der Waals surface area contributed by atoms with Crippen LogP contribution in [0.4, 0.5) is 0 Å². The molecule has 0 spiro atoms. The molecule has 1 saturated heterocycles. The van der Waals surface area contributed by atoms with Crippen LogP contribution in [0, 0.1) is 18.8 Å². The third-order valence-electron chi connectivity index (χ3n) is 5.96. The first-order valence-electron chi connectivity index (χ1n) is 11.2. The first-order valence-corrected chi connectivity index (χ1v) is 12.7. The van der Waals surface area contributed by atoms with Gasteiger partial charge in [0.1, 0.15) is 5.75 Å². The molecule has 0 aliphatic carbocycles. The van der Waals surface area contributed by atoms with Gasteiger partial charge >= 0.3 is 0 Å². The second kappa shape index (κ2) is 10.5. The Balaban J connectivity index is 1.72. The molecule has 32 heavy (non-hydrogen) atoms. The number of sulfonamides is 1. The molecule has 1 aliphatic heterocycles. The van der Waals surface area contributed by atoms with Gasteiger partial charge < -0.3 is 10.1 Å². The summed E-state index contributed by atoms with van der Waals surface area (Å²) in [5.74, 6) is 0.715. The molecular formula is C25H34N2O4S. The van der Waals surface area contributed by atoms with Crippen LogP contribution in [0.1, 0.15) is 50.3 Å². The summed E-state index contributed by atoms with van der Waals surface area (Å²) in [7, 11) is -1.99. The van der Waals surface area contributed by atoms with E-state index < -0.39 is 10.0 Å². The molecule has 0 saturated carbocycles. The van der Waals surface area contributed by atoms with Crippen molar-refractivity contribution in [2.45, 2.75) is 51.0 Å². The number of methoxy groups -OCH3 is 1. The lowest BCUT2D eigenvalue weighted by Crippen LogP contribution is -2.46. The first kappa shape index (κ1) is 24.3. The number of nitrogens with one attached hydrogen (secondary N) is 1. The van der Waals surface area contributed by atoms with E-state index in [4.69, 9.17) is 4.74 Å². The van der Waals surface area contributed by atoms with E-state index in [1.807, 2.05) is 31.2 Å². The molecule has 0 unspecified atom stereocenters. The van der Waals surface area contributed by atoms with E-state index in [9.17, 15) is 13.2 Å². The van der Waals surface area contributed by atoms with Gasteiger partial charge in [0.15, 0.2) is 0 Å². The second-order valence-corrected chi connectivity index (χ2v) is 10.9. The minimum Gasteiger partial charge on any atom is -0.497 e. The van der Waals surface area contributed by atoms with E-state index in [0.29, 0.717) is 25.3 Å². The number of aryl methyl sites for hydroxylation is 1. The minimum atomic E-state index is -3.61. The number of carbonyl (C=O) groups excluding carboxylic acids is 1. The van der Waals surface area contributed by atoms with E-state index in [1.165, 1.54) is 4.31 Å². The van der Waals surface area contributed by atoms with E-state index in [-0.39, 0.29) is 29.3 Å². The molecule has 0 aromatic heterocycles. The Morgan fingerprint density at radius 3 is 2.38 bits per heavy atom. The van der Waals surface area contributed by atoms with Gasteiger partial charge in [0.2, 0.25) is 15.9 Å². The Hall–Kier alpha value is -2.38. The third kappa shape index (κ3) is 5.90. The van der Waals surface area contributed by atoms with Crippen molar-refractivity contribution >= 4 is 15.9 Å². The van der Waals surface area contributed by atoms with Gasteiger partial charge in [-0.1, -0.05) is 43.7 Å². The number of piperidine rings is 1. The lowest BCUT2D eigenvalue weighted by atomic mass is 9.94. The van der Waals surface area contributed by atoms with Gasteiger partial charge in [-0.3, -0.25) is 4.79 Å². The summed E-state index contributed by atoms with van der Waals surface area (Å²) in [6.45, 7) is 6.82. The van der Waals surface area contributed by atoms with E-state index in [0.717, 1.165) is 23.3 Å². The van der Waals surface area contributed by atoms with Gasteiger partial charge in [-0.15, -0.1) is 0 Å². The largest absolute Gasteiger partial charge is 0.497 e. The fraction of sp³-hybridized carbons (Fsp3) is 0.480. The van der Waals surface area contributed by atoms with Gasteiger partial charge in [0.05, 0.1) is 24.0 Å². The molecule has 6 nitrogen and oxygen atoms in total. The van der Waals surface area contributed by atoms with Crippen molar-refractivity contribution in [1.29, 1.82) is 0 Å². The Kier molecular flexibility index (Phi) is 7.96. The maximum absolute atomic E-state index is 13.2. The fourth-order valence-electron chi connectivity index (χ4n) is 4.11. The summed E-state index contributed by atoms with van der Waals surface area (Å²) in [5, 5.41) is 3.19. The third-order valence-corrected chi connectivity index (χ3v) is 7.83. The van der Waals surface area contributed by atoms with Crippen LogP contribution in [0.15, 0.2) is 53.4 Å². The van der Waals surface area contributed by atoms with Crippen molar-refractivity contribution in [3.05, 3.63) is 59.7 Å². The van der Waals surface area contributed by atoms with Crippen molar-refractivity contribution < 1.29 is 17.9 Å². The maximum atomic E-state index is 13.2. The molecule has 2 aromatic carbocycles. The Morgan fingerprint density at radius 1 is 1.12 bits per heavy atom. The zero-order chi connectivity index (χ0) is 23.3. The molecule has 2 atom stereocenters. The number of benzene rings is 2. The number of rotatable bonds is 8. The standard InChI is InChI=1S/C25H34N2O4S/c1-18(2)16-24(20-9-11-22(31-4)12-10-20)26-25(28)21-6-5-15-27(17-21)32(29,30)23-13-7-19(3)8-14-23/h7-14,18,21,24H,5-6,15-17H2,1-4H3,(H,26,28)/t21-,24-/m1/s1. The lowest BCUT2D eigenvalue weighted by Gasteiger charge is -2.32. The van der Waals surface area contributed by atoms with Crippen LogP contribution >= 0.6 is 0 Å². The molecule has 0 radical (unpaired) electrons. The number of hydrogen-bond acceptors (Lipinski definition) is 4. The van der Waals surface area contributed by atoms with Gasteiger partial charge in [-0.2, -0.15) is 4.31 Å².